The van der Waals surface area contributed by atoms with Gasteiger partial charge in [0.15, 0.2) is 5.82 Å². The van der Waals surface area contributed by atoms with Gasteiger partial charge in [0.05, 0.1) is 24.2 Å². The van der Waals surface area contributed by atoms with Crippen LogP contribution < -0.4 is 4.74 Å². The standard InChI is InChI=1S/C23H22N4O/c1-3-17-12-23(26-22-13-19(28-4-2)9-10-20(17)22)27-25-15-16-11-18-7-5-6-8-21(18)24-14-16/h5-14H,3-4,15H2,1-2H3. The van der Waals surface area contributed by atoms with Crippen LogP contribution in [0.25, 0.3) is 21.8 Å². The van der Waals surface area contributed by atoms with Gasteiger partial charge in [0.1, 0.15) is 5.75 Å². The summed E-state index contributed by atoms with van der Waals surface area (Å²) < 4.78 is 5.60. The first-order valence-electron chi connectivity index (χ1n) is 9.54. The third-order valence-electron chi connectivity index (χ3n) is 4.62. The molecule has 4 aromatic rings. The Bertz CT molecular complexity index is 1150. The van der Waals surface area contributed by atoms with Crippen LogP contribution in [0.1, 0.15) is 25.0 Å². The van der Waals surface area contributed by atoms with E-state index in [-0.39, 0.29) is 0 Å². The number of nitrogens with zero attached hydrogens (tertiary/aromatic N) is 4. The molecule has 0 amide bonds. The van der Waals surface area contributed by atoms with Gasteiger partial charge < -0.3 is 4.74 Å². The molecule has 2 heterocycles. The minimum absolute atomic E-state index is 0.470. The maximum Gasteiger partial charge on any atom is 0.174 e. The molecule has 0 aliphatic rings. The van der Waals surface area contributed by atoms with Crippen LogP contribution in [-0.2, 0) is 13.0 Å². The first kappa shape index (κ1) is 18.0. The molecule has 5 heteroatoms. The van der Waals surface area contributed by atoms with E-state index in [0.29, 0.717) is 19.0 Å². The van der Waals surface area contributed by atoms with Crippen LogP contribution in [0.4, 0.5) is 5.82 Å². The van der Waals surface area contributed by atoms with E-state index >= 15 is 0 Å². The number of para-hydroxylation sites is 1. The van der Waals surface area contributed by atoms with Crippen molar-refractivity contribution in [1.82, 2.24) is 9.97 Å². The Kier molecular flexibility index (Phi) is 5.24. The van der Waals surface area contributed by atoms with E-state index < -0.39 is 0 Å². The van der Waals surface area contributed by atoms with E-state index in [1.807, 2.05) is 49.5 Å². The normalized spacial score (nSPS) is 11.5. The summed E-state index contributed by atoms with van der Waals surface area (Å²) in [6.45, 7) is 5.21. The van der Waals surface area contributed by atoms with Gasteiger partial charge in [0.2, 0.25) is 0 Å². The summed E-state index contributed by atoms with van der Waals surface area (Å²) >= 11 is 0. The molecule has 0 aliphatic heterocycles. The lowest BCUT2D eigenvalue weighted by atomic mass is 10.1. The van der Waals surface area contributed by atoms with Crippen LogP contribution >= 0.6 is 0 Å². The Labute approximate surface area is 164 Å². The average molecular weight is 370 g/mol. The first-order chi connectivity index (χ1) is 13.8. The van der Waals surface area contributed by atoms with E-state index in [9.17, 15) is 0 Å². The highest BCUT2D eigenvalue weighted by molar-refractivity contribution is 5.85. The van der Waals surface area contributed by atoms with Crippen molar-refractivity contribution in [2.45, 2.75) is 26.8 Å². The number of aryl methyl sites for hydroxylation is 1. The van der Waals surface area contributed by atoms with Gasteiger partial charge in [-0.2, -0.15) is 5.11 Å². The maximum absolute atomic E-state index is 5.60. The van der Waals surface area contributed by atoms with Crippen LogP contribution in [0.3, 0.4) is 0 Å². The van der Waals surface area contributed by atoms with Gasteiger partial charge >= 0.3 is 0 Å². The van der Waals surface area contributed by atoms with E-state index in [2.05, 4.69) is 45.3 Å². The molecule has 4 rings (SSSR count). The van der Waals surface area contributed by atoms with Gasteiger partial charge in [-0.1, -0.05) is 25.1 Å². The molecule has 140 valence electrons. The van der Waals surface area contributed by atoms with Gasteiger partial charge in [-0.15, -0.1) is 5.11 Å². The van der Waals surface area contributed by atoms with Crippen LogP contribution in [0.15, 0.2) is 71.0 Å². The smallest absolute Gasteiger partial charge is 0.174 e. The third-order valence-corrected chi connectivity index (χ3v) is 4.62. The second kappa shape index (κ2) is 8.13. The van der Waals surface area contributed by atoms with Crippen LogP contribution in [0.2, 0.25) is 0 Å². The molecule has 0 radical (unpaired) electrons. The number of hydrogen-bond donors (Lipinski definition) is 0. The first-order valence-corrected chi connectivity index (χ1v) is 9.54. The predicted molar refractivity (Wildman–Crippen MR) is 112 cm³/mol. The second-order valence-corrected chi connectivity index (χ2v) is 6.54. The lowest BCUT2D eigenvalue weighted by Crippen LogP contribution is -1.93. The van der Waals surface area contributed by atoms with Crippen molar-refractivity contribution in [3.8, 4) is 5.75 Å². The summed E-state index contributed by atoms with van der Waals surface area (Å²) in [7, 11) is 0. The Morgan fingerprint density at radius 1 is 0.964 bits per heavy atom. The van der Waals surface area contributed by atoms with E-state index in [4.69, 9.17) is 4.74 Å². The highest BCUT2D eigenvalue weighted by atomic mass is 16.5. The van der Waals surface area contributed by atoms with Crippen LogP contribution in [0.5, 0.6) is 5.75 Å². The number of rotatable bonds is 6. The molecule has 5 nitrogen and oxygen atoms in total. The molecular weight excluding hydrogens is 348 g/mol. The van der Waals surface area contributed by atoms with Crippen molar-refractivity contribution in [3.63, 3.8) is 0 Å². The zero-order chi connectivity index (χ0) is 19.3. The SMILES string of the molecule is CCOc1ccc2c(CC)cc(N=NCc3cnc4ccccc4c3)nc2c1. The average Bonchev–Trinajstić information content (AvgIpc) is 2.73. The zero-order valence-corrected chi connectivity index (χ0v) is 16.1. The quantitative estimate of drug-likeness (QED) is 0.389. The molecule has 0 fully saturated rings. The molecule has 0 bridgehead atoms. The lowest BCUT2D eigenvalue weighted by Gasteiger charge is -2.08. The minimum Gasteiger partial charge on any atom is -0.494 e. The fraction of sp³-hybridized carbons (Fsp3) is 0.217. The molecule has 28 heavy (non-hydrogen) atoms. The van der Waals surface area contributed by atoms with Gasteiger partial charge in [-0.3, -0.25) is 4.98 Å². The molecule has 0 N–H and O–H groups in total. The summed E-state index contributed by atoms with van der Waals surface area (Å²) in [5.74, 6) is 1.44. The number of aromatic nitrogens is 2. The number of hydrogen-bond acceptors (Lipinski definition) is 5. The molecule has 0 atom stereocenters. The van der Waals surface area contributed by atoms with E-state index in [0.717, 1.165) is 39.5 Å². The van der Waals surface area contributed by atoms with Crippen molar-refractivity contribution in [1.29, 1.82) is 0 Å². The molecule has 0 unspecified atom stereocenters. The summed E-state index contributed by atoms with van der Waals surface area (Å²) in [4.78, 5) is 9.12. The van der Waals surface area contributed by atoms with Gasteiger partial charge in [-0.25, -0.2) is 4.98 Å². The lowest BCUT2D eigenvalue weighted by molar-refractivity contribution is 0.340. The molecule has 2 aromatic heterocycles. The number of pyridine rings is 2. The van der Waals surface area contributed by atoms with Gasteiger partial charge in [0.25, 0.3) is 0 Å². The summed E-state index contributed by atoms with van der Waals surface area (Å²) in [5, 5.41) is 10.9. The molecule has 0 saturated carbocycles. The van der Waals surface area contributed by atoms with Crippen molar-refractivity contribution < 1.29 is 4.74 Å². The minimum atomic E-state index is 0.470. The Hall–Kier alpha value is -3.34. The van der Waals surface area contributed by atoms with Crippen molar-refractivity contribution in [2.24, 2.45) is 10.2 Å². The van der Waals surface area contributed by atoms with E-state index in [1.54, 1.807) is 0 Å². The van der Waals surface area contributed by atoms with Gasteiger partial charge in [0, 0.05) is 23.0 Å². The van der Waals surface area contributed by atoms with Crippen molar-refractivity contribution >= 4 is 27.6 Å². The molecule has 0 aliphatic carbocycles. The van der Waals surface area contributed by atoms with Gasteiger partial charge in [-0.05, 0) is 54.8 Å². The summed E-state index contributed by atoms with van der Waals surface area (Å²) in [6.07, 6.45) is 2.76. The monoisotopic (exact) mass is 370 g/mol. The Morgan fingerprint density at radius 3 is 2.71 bits per heavy atom. The topological polar surface area (TPSA) is 59.7 Å². The van der Waals surface area contributed by atoms with Crippen molar-refractivity contribution in [3.05, 3.63) is 71.9 Å². The maximum atomic E-state index is 5.60. The second-order valence-electron chi connectivity index (χ2n) is 6.54. The number of benzene rings is 2. The number of ether oxygens (including phenoxy) is 1. The molecular formula is C23H22N4O. The third kappa shape index (κ3) is 3.83. The van der Waals surface area contributed by atoms with E-state index in [1.165, 1.54) is 5.56 Å². The predicted octanol–water partition coefficient (Wildman–Crippen LogP) is 6.03. The fourth-order valence-corrected chi connectivity index (χ4v) is 3.26. The van der Waals surface area contributed by atoms with Crippen LogP contribution in [0, 0.1) is 0 Å². The molecule has 2 aromatic carbocycles. The summed E-state index contributed by atoms with van der Waals surface area (Å²) in [5.41, 5.74) is 4.09. The van der Waals surface area contributed by atoms with Crippen molar-refractivity contribution in [2.75, 3.05) is 6.61 Å². The number of fused-ring (bicyclic) bond motifs is 2. The largest absolute Gasteiger partial charge is 0.494 e. The highest BCUT2D eigenvalue weighted by Crippen LogP contribution is 2.27. The highest BCUT2D eigenvalue weighted by Gasteiger charge is 2.06. The number of azo groups is 1. The fourth-order valence-electron chi connectivity index (χ4n) is 3.26. The Balaban J connectivity index is 1.60. The summed E-state index contributed by atoms with van der Waals surface area (Å²) in [6, 6.07) is 18.2. The Morgan fingerprint density at radius 2 is 1.86 bits per heavy atom. The molecule has 0 spiro atoms. The molecule has 0 saturated heterocycles. The van der Waals surface area contributed by atoms with Crippen LogP contribution in [-0.4, -0.2) is 16.6 Å². The zero-order valence-electron chi connectivity index (χ0n) is 16.1.